The normalized spacial score (nSPS) is 11.3. The largest absolute Gasteiger partial charge is 0.544 e. The molecule has 0 N–H and O–H groups in total. The summed E-state index contributed by atoms with van der Waals surface area (Å²) in [6.07, 6.45) is 0. The first-order valence-electron chi connectivity index (χ1n) is 4.79. The Bertz CT molecular complexity index is 383. The van der Waals surface area contributed by atoms with E-state index in [2.05, 4.69) is 0 Å². The number of ketones is 1. The van der Waals surface area contributed by atoms with Crippen LogP contribution >= 0.6 is 0 Å². The maximum atomic E-state index is 13.0. The first-order valence-corrected chi connectivity index (χ1v) is 8.20. The molecule has 1 aromatic rings. The molecule has 0 unspecified atom stereocenters. The van der Waals surface area contributed by atoms with E-state index >= 15 is 0 Å². The maximum absolute atomic E-state index is 13.0. The van der Waals surface area contributed by atoms with Gasteiger partial charge in [0.15, 0.2) is 5.78 Å². The molecule has 0 amide bonds. The Morgan fingerprint density at radius 3 is 2.40 bits per heavy atom. The van der Waals surface area contributed by atoms with E-state index in [1.54, 1.807) is 0 Å². The van der Waals surface area contributed by atoms with Crippen molar-refractivity contribution < 1.29 is 13.6 Å². The summed E-state index contributed by atoms with van der Waals surface area (Å²) in [4.78, 5) is 11.3. The lowest BCUT2D eigenvalue weighted by Crippen LogP contribution is -2.30. The monoisotopic (exact) mass is 226 g/mol. The van der Waals surface area contributed by atoms with Gasteiger partial charge < -0.3 is 4.43 Å². The molecule has 0 radical (unpaired) electrons. The summed E-state index contributed by atoms with van der Waals surface area (Å²) >= 11 is 0. The molecule has 0 atom stereocenters. The number of rotatable bonds is 3. The third kappa shape index (κ3) is 3.47. The highest BCUT2D eigenvalue weighted by Gasteiger charge is 2.19. The van der Waals surface area contributed by atoms with Crippen LogP contribution in [0.3, 0.4) is 0 Å². The Morgan fingerprint density at radius 2 is 1.93 bits per heavy atom. The standard InChI is InChI=1S/C11H15FO2Si/c1-8(13)10-6-5-9(12)7-11(10)14-15(2,3)4/h5-7H,1-4H3. The average molecular weight is 226 g/mol. The minimum atomic E-state index is -1.82. The first-order chi connectivity index (χ1) is 6.79. The molecular formula is C11H15FO2Si. The molecule has 0 bridgehead atoms. The van der Waals surface area contributed by atoms with Gasteiger partial charge in [0.1, 0.15) is 11.6 Å². The summed E-state index contributed by atoms with van der Waals surface area (Å²) in [7, 11) is -1.82. The number of carbonyl (C=O) groups is 1. The summed E-state index contributed by atoms with van der Waals surface area (Å²) in [5, 5.41) is 0. The van der Waals surface area contributed by atoms with Gasteiger partial charge in [0.2, 0.25) is 8.32 Å². The number of benzene rings is 1. The molecule has 4 heteroatoms. The topological polar surface area (TPSA) is 26.3 Å². The van der Waals surface area contributed by atoms with Crippen molar-refractivity contribution in [1.29, 1.82) is 0 Å². The van der Waals surface area contributed by atoms with Crippen molar-refractivity contribution in [1.82, 2.24) is 0 Å². The second kappa shape index (κ2) is 4.14. The maximum Gasteiger partial charge on any atom is 0.242 e. The number of Topliss-reactive ketones (excluding diaryl/α,β-unsaturated/α-hetero) is 1. The number of hydrogen-bond acceptors (Lipinski definition) is 2. The van der Waals surface area contributed by atoms with E-state index in [-0.39, 0.29) is 11.6 Å². The smallest absolute Gasteiger partial charge is 0.242 e. The van der Waals surface area contributed by atoms with Gasteiger partial charge >= 0.3 is 0 Å². The van der Waals surface area contributed by atoms with Crippen LogP contribution in [-0.4, -0.2) is 14.1 Å². The van der Waals surface area contributed by atoms with Crippen molar-refractivity contribution in [2.75, 3.05) is 0 Å². The Labute approximate surface area is 90.2 Å². The number of hydrogen-bond donors (Lipinski definition) is 0. The lowest BCUT2D eigenvalue weighted by molar-refractivity contribution is 0.101. The molecule has 1 aromatic carbocycles. The molecule has 0 fully saturated rings. The van der Waals surface area contributed by atoms with E-state index in [4.69, 9.17) is 4.43 Å². The van der Waals surface area contributed by atoms with Crippen LogP contribution in [0, 0.1) is 5.82 Å². The van der Waals surface area contributed by atoms with Crippen LogP contribution in [0.15, 0.2) is 18.2 Å². The molecule has 2 nitrogen and oxygen atoms in total. The van der Waals surface area contributed by atoms with E-state index in [0.29, 0.717) is 11.3 Å². The van der Waals surface area contributed by atoms with Crippen molar-refractivity contribution in [3.63, 3.8) is 0 Å². The van der Waals surface area contributed by atoms with Gasteiger partial charge in [0, 0.05) is 6.07 Å². The molecule has 82 valence electrons. The third-order valence-corrected chi connectivity index (χ3v) is 2.57. The van der Waals surface area contributed by atoms with Crippen LogP contribution in [0.2, 0.25) is 19.6 Å². The predicted octanol–water partition coefficient (Wildman–Crippen LogP) is 3.24. The van der Waals surface area contributed by atoms with Crippen molar-refractivity contribution >= 4 is 14.1 Å². The van der Waals surface area contributed by atoms with Gasteiger partial charge in [0.25, 0.3) is 0 Å². The first kappa shape index (κ1) is 11.9. The van der Waals surface area contributed by atoms with E-state index < -0.39 is 8.32 Å². The van der Waals surface area contributed by atoms with Crippen LogP contribution < -0.4 is 4.43 Å². The van der Waals surface area contributed by atoms with Gasteiger partial charge in [-0.15, -0.1) is 0 Å². The van der Waals surface area contributed by atoms with Gasteiger partial charge in [0.05, 0.1) is 5.56 Å². The third-order valence-electron chi connectivity index (χ3n) is 1.74. The second-order valence-electron chi connectivity index (χ2n) is 4.41. The summed E-state index contributed by atoms with van der Waals surface area (Å²) in [5.74, 6) is -0.127. The van der Waals surface area contributed by atoms with E-state index in [1.807, 2.05) is 19.6 Å². The summed E-state index contributed by atoms with van der Waals surface area (Å²) in [6.45, 7) is 7.41. The highest BCUT2D eigenvalue weighted by Crippen LogP contribution is 2.23. The van der Waals surface area contributed by atoms with E-state index in [9.17, 15) is 9.18 Å². The molecule has 1 rings (SSSR count). The van der Waals surface area contributed by atoms with Gasteiger partial charge in [-0.1, -0.05) is 0 Å². The Balaban J connectivity index is 3.13. The number of halogens is 1. The zero-order chi connectivity index (χ0) is 11.6. The minimum absolute atomic E-state index is 0.108. The highest BCUT2D eigenvalue weighted by atomic mass is 28.4. The molecule has 0 saturated carbocycles. The quantitative estimate of drug-likeness (QED) is 0.584. The average Bonchev–Trinajstić information content (AvgIpc) is 1.99. The van der Waals surface area contributed by atoms with Crippen molar-refractivity contribution in [3.8, 4) is 5.75 Å². The van der Waals surface area contributed by atoms with Crippen molar-refractivity contribution in [2.24, 2.45) is 0 Å². The Hall–Kier alpha value is -1.16. The van der Waals surface area contributed by atoms with E-state index in [1.165, 1.54) is 25.1 Å². The fourth-order valence-corrected chi connectivity index (χ4v) is 2.03. The summed E-state index contributed by atoms with van der Waals surface area (Å²) in [5.41, 5.74) is 0.443. The molecule has 0 aromatic heterocycles. The molecular weight excluding hydrogens is 211 g/mol. The van der Waals surface area contributed by atoms with Crippen LogP contribution in [0.5, 0.6) is 5.75 Å². The lowest BCUT2D eigenvalue weighted by atomic mass is 10.1. The molecule has 0 aliphatic heterocycles. The van der Waals surface area contributed by atoms with Gasteiger partial charge in [-0.2, -0.15) is 0 Å². The van der Waals surface area contributed by atoms with Crippen LogP contribution in [-0.2, 0) is 0 Å². The van der Waals surface area contributed by atoms with Gasteiger partial charge in [-0.25, -0.2) is 4.39 Å². The molecule has 15 heavy (non-hydrogen) atoms. The predicted molar refractivity (Wildman–Crippen MR) is 60.4 cm³/mol. The van der Waals surface area contributed by atoms with Crippen molar-refractivity contribution in [3.05, 3.63) is 29.6 Å². The molecule has 0 aliphatic rings. The van der Waals surface area contributed by atoms with Crippen LogP contribution in [0.4, 0.5) is 4.39 Å². The zero-order valence-corrected chi connectivity index (χ0v) is 10.4. The summed E-state index contributed by atoms with van der Waals surface area (Å²) < 4.78 is 18.7. The summed E-state index contributed by atoms with van der Waals surface area (Å²) in [6, 6.07) is 4.01. The number of carbonyl (C=O) groups excluding carboxylic acids is 1. The van der Waals surface area contributed by atoms with Crippen molar-refractivity contribution in [2.45, 2.75) is 26.6 Å². The molecule has 0 spiro atoms. The van der Waals surface area contributed by atoms with Gasteiger partial charge in [-0.05, 0) is 38.7 Å². The Morgan fingerprint density at radius 1 is 1.33 bits per heavy atom. The molecule has 0 aliphatic carbocycles. The SMILES string of the molecule is CC(=O)c1ccc(F)cc1O[Si](C)(C)C. The fraction of sp³-hybridized carbons (Fsp3) is 0.364. The minimum Gasteiger partial charge on any atom is -0.544 e. The Kier molecular flexibility index (Phi) is 3.29. The van der Waals surface area contributed by atoms with Crippen LogP contribution in [0.1, 0.15) is 17.3 Å². The zero-order valence-electron chi connectivity index (χ0n) is 9.43. The molecule has 0 heterocycles. The van der Waals surface area contributed by atoms with Crippen LogP contribution in [0.25, 0.3) is 0 Å². The fourth-order valence-electron chi connectivity index (χ4n) is 1.20. The second-order valence-corrected chi connectivity index (χ2v) is 8.84. The molecule has 0 saturated heterocycles. The lowest BCUT2D eigenvalue weighted by Gasteiger charge is -2.20. The van der Waals surface area contributed by atoms with Gasteiger partial charge in [-0.3, -0.25) is 4.79 Å². The van der Waals surface area contributed by atoms with E-state index in [0.717, 1.165) is 0 Å². The highest BCUT2D eigenvalue weighted by molar-refractivity contribution is 6.70.